The number of nitriles is 1. The lowest BCUT2D eigenvalue weighted by Gasteiger charge is -2.06. The molecule has 1 amide bonds. The zero-order valence-corrected chi connectivity index (χ0v) is 14.4. The Hall–Kier alpha value is -3.72. The summed E-state index contributed by atoms with van der Waals surface area (Å²) in [7, 11) is 0. The van der Waals surface area contributed by atoms with E-state index in [-0.39, 0.29) is 17.1 Å². The molecular weight excluding hydrogens is 330 g/mol. The first-order chi connectivity index (χ1) is 12.4. The van der Waals surface area contributed by atoms with Crippen LogP contribution in [0.15, 0.2) is 60.3 Å². The fourth-order valence-corrected chi connectivity index (χ4v) is 2.12. The van der Waals surface area contributed by atoms with Crippen LogP contribution < -0.4 is 10.6 Å². The SMILES string of the molecule is CC(=O)c1ccc(N/C=C(/C#N)C(=O)Nc2cccc(C(C)=O)c2)cc1. The third-order valence-electron chi connectivity index (χ3n) is 3.57. The van der Waals surface area contributed by atoms with E-state index < -0.39 is 5.91 Å². The van der Waals surface area contributed by atoms with Gasteiger partial charge in [-0.3, -0.25) is 14.4 Å². The van der Waals surface area contributed by atoms with E-state index in [2.05, 4.69) is 10.6 Å². The van der Waals surface area contributed by atoms with Gasteiger partial charge in [-0.05, 0) is 50.2 Å². The van der Waals surface area contributed by atoms with Gasteiger partial charge in [-0.2, -0.15) is 5.26 Å². The number of hydrogen-bond donors (Lipinski definition) is 2. The van der Waals surface area contributed by atoms with Crippen molar-refractivity contribution in [1.29, 1.82) is 5.26 Å². The first-order valence-electron chi connectivity index (χ1n) is 7.81. The molecule has 0 unspecified atom stereocenters. The van der Waals surface area contributed by atoms with E-state index in [1.807, 2.05) is 6.07 Å². The van der Waals surface area contributed by atoms with E-state index in [0.717, 1.165) is 0 Å². The van der Waals surface area contributed by atoms with Crippen molar-refractivity contribution in [2.24, 2.45) is 0 Å². The molecular formula is C20H17N3O3. The molecule has 0 spiro atoms. The van der Waals surface area contributed by atoms with Gasteiger partial charge in [-0.25, -0.2) is 0 Å². The molecule has 0 fully saturated rings. The van der Waals surface area contributed by atoms with Crippen LogP contribution in [-0.2, 0) is 4.79 Å². The van der Waals surface area contributed by atoms with Crippen molar-refractivity contribution in [2.45, 2.75) is 13.8 Å². The minimum atomic E-state index is -0.596. The van der Waals surface area contributed by atoms with Gasteiger partial charge in [0.05, 0.1) is 0 Å². The van der Waals surface area contributed by atoms with Crippen LogP contribution >= 0.6 is 0 Å². The molecule has 0 aliphatic heterocycles. The lowest BCUT2D eigenvalue weighted by molar-refractivity contribution is -0.112. The number of rotatable bonds is 6. The lowest BCUT2D eigenvalue weighted by atomic mass is 10.1. The van der Waals surface area contributed by atoms with Crippen LogP contribution in [0.2, 0.25) is 0 Å². The van der Waals surface area contributed by atoms with E-state index in [1.165, 1.54) is 20.0 Å². The topological polar surface area (TPSA) is 99.1 Å². The molecule has 0 atom stereocenters. The van der Waals surface area contributed by atoms with Gasteiger partial charge in [0.2, 0.25) is 0 Å². The minimum absolute atomic E-state index is 0.0445. The first-order valence-corrected chi connectivity index (χ1v) is 7.81. The largest absolute Gasteiger partial charge is 0.360 e. The Labute approximate surface area is 151 Å². The van der Waals surface area contributed by atoms with E-state index in [9.17, 15) is 19.6 Å². The third kappa shape index (κ3) is 4.89. The van der Waals surface area contributed by atoms with Crippen molar-refractivity contribution < 1.29 is 14.4 Å². The predicted octanol–water partition coefficient (Wildman–Crippen LogP) is 3.55. The summed E-state index contributed by atoms with van der Waals surface area (Å²) in [5.41, 5.74) is 1.97. The van der Waals surface area contributed by atoms with E-state index in [0.29, 0.717) is 22.5 Å². The highest BCUT2D eigenvalue weighted by Gasteiger charge is 2.10. The summed E-state index contributed by atoms with van der Waals surface area (Å²) in [6.45, 7) is 2.91. The molecule has 0 radical (unpaired) electrons. The molecule has 0 aromatic heterocycles. The Morgan fingerprint density at radius 1 is 0.923 bits per heavy atom. The Balaban J connectivity index is 2.09. The lowest BCUT2D eigenvalue weighted by Crippen LogP contribution is -2.14. The number of benzene rings is 2. The fourth-order valence-electron chi connectivity index (χ4n) is 2.12. The number of carbonyl (C=O) groups is 3. The van der Waals surface area contributed by atoms with Crippen molar-refractivity contribution in [3.05, 3.63) is 71.4 Å². The summed E-state index contributed by atoms with van der Waals surface area (Å²) in [5, 5.41) is 14.6. The second-order valence-electron chi connectivity index (χ2n) is 5.54. The van der Waals surface area contributed by atoms with Crippen LogP contribution in [0.5, 0.6) is 0 Å². The zero-order valence-electron chi connectivity index (χ0n) is 14.4. The highest BCUT2D eigenvalue weighted by atomic mass is 16.2. The third-order valence-corrected chi connectivity index (χ3v) is 3.57. The van der Waals surface area contributed by atoms with Gasteiger partial charge in [0, 0.05) is 28.7 Å². The Kier molecular flexibility index (Phi) is 6.01. The second kappa shape index (κ2) is 8.40. The van der Waals surface area contributed by atoms with Gasteiger partial charge in [-0.15, -0.1) is 0 Å². The molecule has 0 heterocycles. The molecule has 0 aliphatic rings. The Morgan fingerprint density at radius 2 is 1.58 bits per heavy atom. The summed E-state index contributed by atoms with van der Waals surface area (Å²) in [5.74, 6) is -0.758. The van der Waals surface area contributed by atoms with Crippen molar-refractivity contribution >= 4 is 28.8 Å². The molecule has 0 saturated carbocycles. The molecule has 2 aromatic carbocycles. The van der Waals surface area contributed by atoms with Crippen LogP contribution in [-0.4, -0.2) is 17.5 Å². The summed E-state index contributed by atoms with van der Waals surface area (Å²) in [6.07, 6.45) is 1.28. The molecule has 0 saturated heterocycles. The van der Waals surface area contributed by atoms with Crippen LogP contribution in [0.4, 0.5) is 11.4 Å². The predicted molar refractivity (Wildman–Crippen MR) is 98.8 cm³/mol. The summed E-state index contributed by atoms with van der Waals surface area (Å²) < 4.78 is 0. The first kappa shape index (κ1) is 18.6. The molecule has 26 heavy (non-hydrogen) atoms. The van der Waals surface area contributed by atoms with Crippen molar-refractivity contribution in [3.63, 3.8) is 0 Å². The number of anilines is 2. The van der Waals surface area contributed by atoms with Crippen LogP contribution in [0, 0.1) is 11.3 Å². The van der Waals surface area contributed by atoms with Crippen molar-refractivity contribution in [1.82, 2.24) is 0 Å². The monoisotopic (exact) mass is 347 g/mol. The second-order valence-corrected chi connectivity index (χ2v) is 5.54. The van der Waals surface area contributed by atoms with Gasteiger partial charge in [-0.1, -0.05) is 12.1 Å². The van der Waals surface area contributed by atoms with Crippen molar-refractivity contribution in [2.75, 3.05) is 10.6 Å². The van der Waals surface area contributed by atoms with Crippen LogP contribution in [0.3, 0.4) is 0 Å². The standard InChI is InChI=1S/C20H17N3O3/c1-13(24)15-6-8-18(9-7-15)22-12-17(11-21)20(26)23-19-5-3-4-16(10-19)14(2)25/h3-10,12,22H,1-2H3,(H,23,26)/b17-12-. The maximum absolute atomic E-state index is 12.2. The highest BCUT2D eigenvalue weighted by Crippen LogP contribution is 2.14. The molecule has 0 bridgehead atoms. The number of hydrogen-bond acceptors (Lipinski definition) is 5. The number of carbonyl (C=O) groups excluding carboxylic acids is 3. The van der Waals surface area contributed by atoms with E-state index in [1.54, 1.807) is 48.5 Å². The molecule has 6 nitrogen and oxygen atoms in total. The van der Waals surface area contributed by atoms with Crippen molar-refractivity contribution in [3.8, 4) is 6.07 Å². The molecule has 2 aromatic rings. The number of nitrogens with zero attached hydrogens (tertiary/aromatic N) is 1. The van der Waals surface area contributed by atoms with Gasteiger partial charge < -0.3 is 10.6 Å². The Bertz CT molecular complexity index is 922. The van der Waals surface area contributed by atoms with E-state index >= 15 is 0 Å². The molecule has 2 N–H and O–H groups in total. The van der Waals surface area contributed by atoms with Gasteiger partial charge in [0.15, 0.2) is 11.6 Å². The smallest absolute Gasteiger partial charge is 0.267 e. The van der Waals surface area contributed by atoms with Gasteiger partial charge in [0.25, 0.3) is 5.91 Å². The summed E-state index contributed by atoms with van der Waals surface area (Å²) >= 11 is 0. The maximum Gasteiger partial charge on any atom is 0.267 e. The molecule has 6 heteroatoms. The van der Waals surface area contributed by atoms with Gasteiger partial charge >= 0.3 is 0 Å². The summed E-state index contributed by atoms with van der Waals surface area (Å²) in [4.78, 5) is 34.9. The van der Waals surface area contributed by atoms with Crippen LogP contribution in [0.1, 0.15) is 34.6 Å². The van der Waals surface area contributed by atoms with Gasteiger partial charge in [0.1, 0.15) is 11.6 Å². The molecule has 2 rings (SSSR count). The quantitative estimate of drug-likeness (QED) is 0.473. The number of Topliss-reactive ketones (excluding diaryl/α,β-unsaturated/α-hetero) is 2. The normalized spacial score (nSPS) is 10.6. The summed E-state index contributed by atoms with van der Waals surface area (Å²) in [6, 6.07) is 15.0. The fraction of sp³-hybridized carbons (Fsp3) is 0.100. The average molecular weight is 347 g/mol. The molecule has 0 aliphatic carbocycles. The number of amides is 1. The molecule has 130 valence electrons. The maximum atomic E-state index is 12.2. The number of nitrogens with one attached hydrogen (secondary N) is 2. The Morgan fingerprint density at radius 3 is 2.15 bits per heavy atom. The van der Waals surface area contributed by atoms with E-state index in [4.69, 9.17) is 0 Å². The van der Waals surface area contributed by atoms with Crippen LogP contribution in [0.25, 0.3) is 0 Å². The number of ketones is 2. The minimum Gasteiger partial charge on any atom is -0.360 e. The zero-order chi connectivity index (χ0) is 19.1. The average Bonchev–Trinajstić information content (AvgIpc) is 2.62. The highest BCUT2D eigenvalue weighted by molar-refractivity contribution is 6.07.